The summed E-state index contributed by atoms with van der Waals surface area (Å²) in [7, 11) is 0. The second-order valence-electron chi connectivity index (χ2n) is 5.99. The van der Waals surface area contributed by atoms with E-state index in [1.807, 2.05) is 31.2 Å². The molecule has 0 saturated heterocycles. The van der Waals surface area contributed by atoms with Crippen molar-refractivity contribution in [3.05, 3.63) is 89.7 Å². The molecule has 0 saturated carbocycles. The van der Waals surface area contributed by atoms with Crippen LogP contribution in [-0.4, -0.2) is 16.8 Å². The van der Waals surface area contributed by atoms with Crippen LogP contribution in [0.5, 0.6) is 0 Å². The highest BCUT2D eigenvalue weighted by Gasteiger charge is 2.08. The monoisotopic (exact) mass is 345 g/mol. The molecule has 0 atom stereocenters. The lowest BCUT2D eigenvalue weighted by atomic mass is 10.1. The first kappa shape index (κ1) is 17.4. The maximum absolute atomic E-state index is 12.2. The van der Waals surface area contributed by atoms with Gasteiger partial charge in [-0.2, -0.15) is 0 Å². The number of carbonyl (C=O) groups excluding carboxylic acids is 2. The number of nitrogens with zero attached hydrogens (tertiary/aromatic N) is 1. The Hall–Kier alpha value is -3.47. The maximum Gasteiger partial charge on any atom is 0.257 e. The van der Waals surface area contributed by atoms with Crippen LogP contribution in [0.4, 0.5) is 11.4 Å². The molecule has 26 heavy (non-hydrogen) atoms. The number of nitrogens with one attached hydrogen (secondary N) is 2. The van der Waals surface area contributed by atoms with Gasteiger partial charge in [0.25, 0.3) is 5.91 Å². The molecule has 5 nitrogen and oxygen atoms in total. The fourth-order valence-electron chi connectivity index (χ4n) is 2.59. The summed E-state index contributed by atoms with van der Waals surface area (Å²) >= 11 is 0. The zero-order valence-electron chi connectivity index (χ0n) is 14.4. The van der Waals surface area contributed by atoms with E-state index in [1.165, 1.54) is 6.20 Å². The summed E-state index contributed by atoms with van der Waals surface area (Å²) in [6.45, 7) is 2.00. The van der Waals surface area contributed by atoms with Crippen molar-refractivity contribution in [2.24, 2.45) is 0 Å². The molecular formula is C21H19N3O2. The number of anilines is 2. The van der Waals surface area contributed by atoms with E-state index in [4.69, 9.17) is 0 Å². The number of amides is 2. The normalized spacial score (nSPS) is 10.2. The van der Waals surface area contributed by atoms with Crippen LogP contribution in [-0.2, 0) is 11.2 Å². The van der Waals surface area contributed by atoms with Gasteiger partial charge in [-0.1, -0.05) is 35.9 Å². The van der Waals surface area contributed by atoms with Gasteiger partial charge in [-0.3, -0.25) is 14.6 Å². The molecule has 2 aromatic carbocycles. The number of aromatic nitrogens is 1. The summed E-state index contributed by atoms with van der Waals surface area (Å²) in [5.41, 5.74) is 3.79. The van der Waals surface area contributed by atoms with E-state index < -0.39 is 0 Å². The zero-order valence-corrected chi connectivity index (χ0v) is 14.4. The van der Waals surface area contributed by atoms with Crippen molar-refractivity contribution >= 4 is 23.2 Å². The van der Waals surface area contributed by atoms with Crippen molar-refractivity contribution in [1.82, 2.24) is 4.98 Å². The third-order valence-electron chi connectivity index (χ3n) is 3.78. The Labute approximate surface area is 152 Å². The van der Waals surface area contributed by atoms with E-state index >= 15 is 0 Å². The van der Waals surface area contributed by atoms with Crippen LogP contribution < -0.4 is 10.6 Å². The van der Waals surface area contributed by atoms with Gasteiger partial charge in [-0.05, 0) is 42.8 Å². The summed E-state index contributed by atoms with van der Waals surface area (Å²) in [5.74, 6) is -0.354. The van der Waals surface area contributed by atoms with E-state index in [2.05, 4.69) is 15.6 Å². The van der Waals surface area contributed by atoms with Gasteiger partial charge in [-0.15, -0.1) is 0 Å². The van der Waals surface area contributed by atoms with Crippen molar-refractivity contribution < 1.29 is 9.59 Å². The molecule has 3 rings (SSSR count). The maximum atomic E-state index is 12.2. The first-order valence-corrected chi connectivity index (χ1v) is 8.27. The van der Waals surface area contributed by atoms with Crippen molar-refractivity contribution in [2.45, 2.75) is 13.3 Å². The zero-order chi connectivity index (χ0) is 18.4. The molecule has 130 valence electrons. The minimum Gasteiger partial charge on any atom is -0.326 e. The van der Waals surface area contributed by atoms with Crippen molar-refractivity contribution in [3.63, 3.8) is 0 Å². The molecule has 2 N–H and O–H groups in total. The van der Waals surface area contributed by atoms with Crippen molar-refractivity contribution in [2.75, 3.05) is 10.6 Å². The lowest BCUT2D eigenvalue weighted by Gasteiger charge is -2.09. The van der Waals surface area contributed by atoms with Gasteiger partial charge in [0.1, 0.15) is 0 Å². The van der Waals surface area contributed by atoms with Crippen LogP contribution in [0.15, 0.2) is 73.1 Å². The van der Waals surface area contributed by atoms with Crippen LogP contribution in [0.25, 0.3) is 0 Å². The van der Waals surface area contributed by atoms with Gasteiger partial charge in [0, 0.05) is 23.8 Å². The summed E-state index contributed by atoms with van der Waals surface area (Å²) in [6, 6.07) is 18.3. The first-order valence-electron chi connectivity index (χ1n) is 8.27. The summed E-state index contributed by atoms with van der Waals surface area (Å²) in [5, 5.41) is 5.66. The van der Waals surface area contributed by atoms with E-state index in [-0.39, 0.29) is 11.8 Å². The summed E-state index contributed by atoms with van der Waals surface area (Å²) in [6.07, 6.45) is 3.41. The average Bonchev–Trinajstić information content (AvgIpc) is 2.62. The minimum atomic E-state index is -0.249. The third-order valence-corrected chi connectivity index (χ3v) is 3.78. The Morgan fingerprint density at radius 3 is 2.42 bits per heavy atom. The number of rotatable bonds is 5. The van der Waals surface area contributed by atoms with Crippen molar-refractivity contribution in [3.8, 4) is 0 Å². The van der Waals surface area contributed by atoms with Crippen LogP contribution in [0, 0.1) is 6.92 Å². The largest absolute Gasteiger partial charge is 0.326 e. The van der Waals surface area contributed by atoms with E-state index in [0.717, 1.165) is 11.1 Å². The Bertz CT molecular complexity index is 923. The molecule has 1 aromatic heterocycles. The Balaban J connectivity index is 1.63. The van der Waals surface area contributed by atoms with Crippen LogP contribution in [0.3, 0.4) is 0 Å². The van der Waals surface area contributed by atoms with Gasteiger partial charge in [0.05, 0.1) is 12.0 Å². The van der Waals surface area contributed by atoms with Gasteiger partial charge < -0.3 is 10.6 Å². The summed E-state index contributed by atoms with van der Waals surface area (Å²) in [4.78, 5) is 28.4. The molecule has 0 aliphatic rings. The number of benzene rings is 2. The Morgan fingerprint density at radius 2 is 1.69 bits per heavy atom. The number of hydrogen-bond acceptors (Lipinski definition) is 3. The van der Waals surface area contributed by atoms with E-state index in [9.17, 15) is 9.59 Å². The van der Waals surface area contributed by atoms with Gasteiger partial charge in [-0.25, -0.2) is 0 Å². The Morgan fingerprint density at radius 1 is 0.923 bits per heavy atom. The Kier molecular flexibility index (Phi) is 5.39. The van der Waals surface area contributed by atoms with Crippen LogP contribution >= 0.6 is 0 Å². The fourth-order valence-corrected chi connectivity index (χ4v) is 2.59. The number of aryl methyl sites for hydroxylation is 1. The molecule has 0 unspecified atom stereocenters. The van der Waals surface area contributed by atoms with Crippen LogP contribution in [0.2, 0.25) is 0 Å². The second kappa shape index (κ2) is 8.07. The van der Waals surface area contributed by atoms with Gasteiger partial charge in [0.15, 0.2) is 0 Å². The van der Waals surface area contributed by atoms with E-state index in [1.54, 1.807) is 42.6 Å². The second-order valence-corrected chi connectivity index (χ2v) is 5.99. The van der Waals surface area contributed by atoms with Gasteiger partial charge in [0.2, 0.25) is 5.91 Å². The molecule has 0 fully saturated rings. The highest BCUT2D eigenvalue weighted by molar-refractivity contribution is 6.04. The molecule has 0 bridgehead atoms. The molecular weight excluding hydrogens is 326 g/mol. The predicted octanol–water partition coefficient (Wildman–Crippen LogP) is 3.82. The van der Waals surface area contributed by atoms with E-state index in [0.29, 0.717) is 23.4 Å². The molecule has 3 aromatic rings. The molecule has 0 spiro atoms. The standard InChI is InChI=1S/C21H19N3O2/c1-15-5-2-6-16(11-15)12-20(25)23-18-8-3-9-19(13-18)24-21(26)17-7-4-10-22-14-17/h2-11,13-14H,12H2,1H3,(H,23,25)(H,24,26). The number of pyridine rings is 1. The molecule has 0 aliphatic heterocycles. The lowest BCUT2D eigenvalue weighted by Crippen LogP contribution is -2.15. The SMILES string of the molecule is Cc1cccc(CC(=O)Nc2cccc(NC(=O)c3cccnc3)c2)c1. The molecule has 0 radical (unpaired) electrons. The topological polar surface area (TPSA) is 71.1 Å². The highest BCUT2D eigenvalue weighted by atomic mass is 16.2. The molecule has 0 aliphatic carbocycles. The molecule has 1 heterocycles. The number of carbonyl (C=O) groups is 2. The molecule has 5 heteroatoms. The minimum absolute atomic E-state index is 0.105. The average molecular weight is 345 g/mol. The van der Waals surface area contributed by atoms with Crippen LogP contribution in [0.1, 0.15) is 21.5 Å². The molecule has 2 amide bonds. The third kappa shape index (κ3) is 4.77. The predicted molar refractivity (Wildman–Crippen MR) is 102 cm³/mol. The fraction of sp³-hybridized carbons (Fsp3) is 0.0952. The highest BCUT2D eigenvalue weighted by Crippen LogP contribution is 2.16. The quantitative estimate of drug-likeness (QED) is 0.738. The smallest absolute Gasteiger partial charge is 0.257 e. The van der Waals surface area contributed by atoms with Crippen molar-refractivity contribution in [1.29, 1.82) is 0 Å². The first-order chi connectivity index (χ1) is 12.6. The lowest BCUT2D eigenvalue weighted by molar-refractivity contribution is -0.115. The van der Waals surface area contributed by atoms with Gasteiger partial charge >= 0.3 is 0 Å². The summed E-state index contributed by atoms with van der Waals surface area (Å²) < 4.78 is 0. The number of hydrogen-bond donors (Lipinski definition) is 2.